The van der Waals surface area contributed by atoms with Crippen LogP contribution in [-0.2, 0) is 0 Å². The van der Waals surface area contributed by atoms with E-state index in [0.29, 0.717) is 0 Å². The van der Waals surface area contributed by atoms with E-state index in [1.54, 1.807) is 0 Å². The summed E-state index contributed by atoms with van der Waals surface area (Å²) in [5, 5.41) is 0. The Balaban J connectivity index is -0.0000000612. The Morgan fingerprint density at radius 1 is 1.44 bits per heavy atom. The van der Waals surface area contributed by atoms with E-state index >= 15 is 0 Å². The summed E-state index contributed by atoms with van der Waals surface area (Å²) in [4.78, 5) is 2.85. The van der Waals surface area contributed by atoms with E-state index in [1.165, 1.54) is 0 Å². The zero-order valence-corrected chi connectivity index (χ0v) is 10.2. The average Bonchev–Trinajstić information content (AvgIpc) is 1.69. The first-order chi connectivity index (χ1) is 3.39. The summed E-state index contributed by atoms with van der Waals surface area (Å²) in [6, 6.07) is 5.64. The first-order valence-electron chi connectivity index (χ1n) is 2.03. The second-order valence-electron chi connectivity index (χ2n) is 1.23. The van der Waals surface area contributed by atoms with Crippen LogP contribution in [0.4, 0.5) is 0 Å². The van der Waals surface area contributed by atoms with E-state index in [-0.39, 0.29) is 57.2 Å². The fourth-order valence-corrected chi connectivity index (χ4v) is 0.523. The molecule has 1 aromatic rings. The van der Waals surface area contributed by atoms with Crippen molar-refractivity contribution in [3.05, 3.63) is 29.0 Å². The van der Waals surface area contributed by atoms with Gasteiger partial charge in [0.15, 0.2) is 0 Å². The molecule has 0 radical (unpaired) electrons. The first kappa shape index (κ1) is 12.6. The molecule has 0 aliphatic heterocycles. The summed E-state index contributed by atoms with van der Waals surface area (Å²) in [6.45, 7) is 0. The minimum absolute atomic E-state index is 0. The molecule has 1 rings (SSSR count). The van der Waals surface area contributed by atoms with Gasteiger partial charge in [-0.05, 0) is 12.1 Å². The topological polar surface area (TPSA) is 47.3 Å². The average molecular weight is 269 g/mol. The molecular formula is C5H9BaNOS. The SMILES string of the molecule is O.S=c1cccc[nH]1.[Ba+2].[H-].[H-]. The first-order valence-corrected chi connectivity index (χ1v) is 2.44. The van der Waals surface area contributed by atoms with Gasteiger partial charge in [-0.15, -0.1) is 0 Å². The summed E-state index contributed by atoms with van der Waals surface area (Å²) in [5.41, 5.74) is 0. The van der Waals surface area contributed by atoms with Gasteiger partial charge in [0.05, 0.1) is 0 Å². The van der Waals surface area contributed by atoms with Crippen LogP contribution in [0.15, 0.2) is 24.4 Å². The third kappa shape index (κ3) is 5.35. The van der Waals surface area contributed by atoms with Gasteiger partial charge in [-0.2, -0.15) is 0 Å². The predicted octanol–water partition coefficient (Wildman–Crippen LogP) is 0.764. The second kappa shape index (κ2) is 7.01. The zero-order valence-electron chi connectivity index (χ0n) is 6.92. The van der Waals surface area contributed by atoms with Crippen LogP contribution in [0.3, 0.4) is 0 Å². The Hall–Kier alpha value is 0.901. The molecule has 0 aliphatic carbocycles. The maximum atomic E-state index is 4.76. The molecule has 0 fully saturated rings. The summed E-state index contributed by atoms with van der Waals surface area (Å²) >= 11 is 4.76. The molecule has 0 bridgehead atoms. The summed E-state index contributed by atoms with van der Waals surface area (Å²) in [7, 11) is 0. The van der Waals surface area contributed by atoms with E-state index in [4.69, 9.17) is 12.2 Å². The van der Waals surface area contributed by atoms with Crippen LogP contribution in [-0.4, -0.2) is 59.3 Å². The Morgan fingerprint density at radius 2 is 2.11 bits per heavy atom. The van der Waals surface area contributed by atoms with Crippen molar-refractivity contribution in [2.24, 2.45) is 0 Å². The van der Waals surface area contributed by atoms with Gasteiger partial charge >= 0.3 is 48.9 Å². The molecule has 1 heterocycles. The molecule has 0 aromatic carbocycles. The van der Waals surface area contributed by atoms with Crippen LogP contribution in [0.5, 0.6) is 0 Å². The van der Waals surface area contributed by atoms with Crippen molar-refractivity contribution < 1.29 is 8.33 Å². The maximum absolute atomic E-state index is 4.76. The molecule has 1 aromatic heterocycles. The molecule has 3 N–H and O–H groups in total. The van der Waals surface area contributed by atoms with Crippen molar-refractivity contribution in [1.29, 1.82) is 0 Å². The number of aromatic nitrogens is 1. The Morgan fingerprint density at radius 3 is 2.33 bits per heavy atom. The van der Waals surface area contributed by atoms with Crippen LogP contribution in [0, 0.1) is 4.64 Å². The third-order valence-electron chi connectivity index (χ3n) is 0.681. The summed E-state index contributed by atoms with van der Waals surface area (Å²) in [6.07, 6.45) is 1.81. The van der Waals surface area contributed by atoms with E-state index < -0.39 is 0 Å². The number of aromatic amines is 1. The smallest absolute Gasteiger partial charge is 1.00 e. The van der Waals surface area contributed by atoms with Crippen molar-refractivity contribution in [2.45, 2.75) is 0 Å². The predicted molar refractivity (Wildman–Crippen MR) is 43.2 cm³/mol. The molecule has 48 valence electrons. The second-order valence-corrected chi connectivity index (χ2v) is 1.67. The summed E-state index contributed by atoms with van der Waals surface area (Å²) < 4.78 is 0.780. The molecule has 0 unspecified atom stereocenters. The van der Waals surface area contributed by atoms with Gasteiger partial charge in [0.2, 0.25) is 0 Å². The largest absolute Gasteiger partial charge is 2.00 e. The van der Waals surface area contributed by atoms with Crippen LogP contribution >= 0.6 is 12.2 Å². The molecule has 4 heteroatoms. The quantitative estimate of drug-likeness (QED) is 0.548. The molecule has 0 atom stereocenters. The monoisotopic (exact) mass is 269 g/mol. The van der Waals surface area contributed by atoms with Crippen molar-refractivity contribution >= 4 is 61.1 Å². The minimum atomic E-state index is 0. The molecule has 2 nitrogen and oxygen atoms in total. The van der Waals surface area contributed by atoms with Crippen molar-refractivity contribution in [3.8, 4) is 0 Å². The number of nitrogens with one attached hydrogen (secondary N) is 1. The van der Waals surface area contributed by atoms with Crippen LogP contribution < -0.4 is 0 Å². The molecule has 0 saturated carbocycles. The third-order valence-corrected chi connectivity index (χ3v) is 0.934. The van der Waals surface area contributed by atoms with Gasteiger partial charge in [-0.1, -0.05) is 18.3 Å². The Bertz CT molecular complexity index is 190. The molecular weight excluding hydrogens is 259 g/mol. The Labute approximate surface area is 102 Å². The van der Waals surface area contributed by atoms with Gasteiger partial charge in [0.25, 0.3) is 0 Å². The minimum Gasteiger partial charge on any atom is -1.00 e. The van der Waals surface area contributed by atoms with Gasteiger partial charge in [-0.3, -0.25) is 0 Å². The number of rotatable bonds is 0. The van der Waals surface area contributed by atoms with E-state index in [1.807, 2.05) is 24.4 Å². The number of hydrogen-bond donors (Lipinski definition) is 1. The van der Waals surface area contributed by atoms with Crippen LogP contribution in [0.2, 0.25) is 0 Å². The van der Waals surface area contributed by atoms with Gasteiger partial charge in [-0.25, -0.2) is 0 Å². The van der Waals surface area contributed by atoms with Gasteiger partial charge in [0, 0.05) is 6.20 Å². The molecule has 0 spiro atoms. The number of H-pyrrole nitrogens is 1. The summed E-state index contributed by atoms with van der Waals surface area (Å²) in [5.74, 6) is 0. The number of pyridine rings is 1. The fraction of sp³-hybridized carbons (Fsp3) is 0. The van der Waals surface area contributed by atoms with E-state index in [0.717, 1.165) is 4.64 Å². The maximum Gasteiger partial charge on any atom is 2.00 e. The van der Waals surface area contributed by atoms with Crippen molar-refractivity contribution in [2.75, 3.05) is 0 Å². The van der Waals surface area contributed by atoms with E-state index in [2.05, 4.69) is 4.98 Å². The Kier molecular flexibility index (Phi) is 9.79. The van der Waals surface area contributed by atoms with Crippen LogP contribution in [0.25, 0.3) is 0 Å². The van der Waals surface area contributed by atoms with E-state index in [9.17, 15) is 0 Å². The fourth-order valence-electron chi connectivity index (χ4n) is 0.377. The van der Waals surface area contributed by atoms with Crippen LogP contribution in [0.1, 0.15) is 2.85 Å². The van der Waals surface area contributed by atoms with Crippen molar-refractivity contribution in [1.82, 2.24) is 4.98 Å². The van der Waals surface area contributed by atoms with Crippen molar-refractivity contribution in [3.63, 3.8) is 0 Å². The zero-order chi connectivity index (χ0) is 5.11. The molecule has 9 heavy (non-hydrogen) atoms. The number of hydrogen-bond acceptors (Lipinski definition) is 1. The normalized spacial score (nSPS) is 6.67. The molecule has 0 saturated heterocycles. The molecule has 0 aliphatic rings. The standard InChI is InChI=1S/C5H5NS.Ba.H2O.2H/c7-5-3-1-2-4-6-5;;;;/h1-4H,(H,6,7);;1H2;;/q;+2;;2*-1. The van der Waals surface area contributed by atoms with Gasteiger partial charge < -0.3 is 13.3 Å². The van der Waals surface area contributed by atoms with Gasteiger partial charge in [0.1, 0.15) is 4.64 Å². The molecule has 0 amide bonds.